The summed E-state index contributed by atoms with van der Waals surface area (Å²) in [6.07, 6.45) is 5.54. The van der Waals surface area contributed by atoms with Crippen LogP contribution in [0.1, 0.15) is 31.2 Å². The fraction of sp³-hybridized carbons (Fsp3) is 0.611. The van der Waals surface area contributed by atoms with Crippen LogP contribution in [-0.2, 0) is 6.54 Å². The monoisotopic (exact) mass is 446 g/mol. The molecular weight excluding hydrogens is 418 g/mol. The van der Waals surface area contributed by atoms with Crippen molar-refractivity contribution in [1.82, 2.24) is 15.5 Å². The van der Waals surface area contributed by atoms with Gasteiger partial charge < -0.3 is 10.6 Å². The van der Waals surface area contributed by atoms with Gasteiger partial charge in [0.1, 0.15) is 5.82 Å². The van der Waals surface area contributed by atoms with Crippen molar-refractivity contribution >= 4 is 29.9 Å². The third-order valence-electron chi connectivity index (χ3n) is 4.52. The molecule has 2 aliphatic carbocycles. The summed E-state index contributed by atoms with van der Waals surface area (Å²) < 4.78 is 13.2. The van der Waals surface area contributed by atoms with Crippen LogP contribution in [-0.4, -0.2) is 43.6 Å². The maximum absolute atomic E-state index is 13.2. The van der Waals surface area contributed by atoms with Crippen molar-refractivity contribution in [1.29, 1.82) is 0 Å². The molecule has 0 unspecified atom stereocenters. The van der Waals surface area contributed by atoms with E-state index in [1.54, 1.807) is 19.2 Å². The summed E-state index contributed by atoms with van der Waals surface area (Å²) in [6.45, 7) is 3.81. The first-order valence-electron chi connectivity index (χ1n) is 8.67. The van der Waals surface area contributed by atoms with E-state index < -0.39 is 0 Å². The zero-order valence-electron chi connectivity index (χ0n) is 14.3. The minimum atomic E-state index is -0.201. The molecule has 0 heterocycles. The zero-order valence-corrected chi connectivity index (χ0v) is 16.6. The lowest BCUT2D eigenvalue weighted by Crippen LogP contribution is -2.42. The van der Waals surface area contributed by atoms with Crippen LogP contribution in [0.15, 0.2) is 29.3 Å². The number of rotatable bonds is 8. The summed E-state index contributed by atoms with van der Waals surface area (Å²) in [5, 5.41) is 6.60. The van der Waals surface area contributed by atoms with Crippen molar-refractivity contribution < 1.29 is 4.39 Å². The van der Waals surface area contributed by atoms with Crippen LogP contribution in [0.5, 0.6) is 0 Å². The van der Waals surface area contributed by atoms with Gasteiger partial charge in [0.05, 0.1) is 0 Å². The van der Waals surface area contributed by atoms with Gasteiger partial charge in [-0.1, -0.05) is 12.1 Å². The van der Waals surface area contributed by atoms with Gasteiger partial charge in [0.25, 0.3) is 0 Å². The van der Waals surface area contributed by atoms with Crippen LogP contribution in [0.4, 0.5) is 4.39 Å². The van der Waals surface area contributed by atoms with Crippen molar-refractivity contribution in [2.24, 2.45) is 10.9 Å². The fourth-order valence-corrected chi connectivity index (χ4v) is 2.87. The maximum atomic E-state index is 13.2. The summed E-state index contributed by atoms with van der Waals surface area (Å²) >= 11 is 0. The van der Waals surface area contributed by atoms with Gasteiger partial charge in [-0.25, -0.2) is 4.39 Å². The molecule has 0 radical (unpaired) electrons. The average Bonchev–Trinajstić information content (AvgIpc) is 3.43. The van der Waals surface area contributed by atoms with Gasteiger partial charge in [0, 0.05) is 39.3 Å². The first kappa shape index (κ1) is 19.4. The summed E-state index contributed by atoms with van der Waals surface area (Å²) in [5.41, 5.74) is 0.918. The second-order valence-electron chi connectivity index (χ2n) is 6.65. The Kier molecular flexibility index (Phi) is 7.74. The van der Waals surface area contributed by atoms with E-state index in [1.807, 2.05) is 6.07 Å². The van der Waals surface area contributed by atoms with E-state index in [2.05, 4.69) is 20.5 Å². The van der Waals surface area contributed by atoms with Crippen LogP contribution < -0.4 is 10.6 Å². The van der Waals surface area contributed by atoms with Crippen LogP contribution >= 0.6 is 24.0 Å². The molecule has 2 aliphatic rings. The molecule has 0 aromatic heterocycles. The van der Waals surface area contributed by atoms with Crippen molar-refractivity contribution in [2.45, 2.75) is 38.3 Å². The van der Waals surface area contributed by atoms with E-state index in [4.69, 9.17) is 0 Å². The van der Waals surface area contributed by atoms with Crippen LogP contribution in [0.3, 0.4) is 0 Å². The molecule has 0 saturated heterocycles. The molecule has 2 saturated carbocycles. The van der Waals surface area contributed by atoms with Gasteiger partial charge >= 0.3 is 0 Å². The molecule has 0 atom stereocenters. The predicted molar refractivity (Wildman–Crippen MR) is 107 cm³/mol. The van der Waals surface area contributed by atoms with E-state index in [9.17, 15) is 4.39 Å². The molecule has 0 amide bonds. The Hall–Kier alpha value is -0.890. The lowest BCUT2D eigenvalue weighted by Gasteiger charge is -2.22. The first-order valence-corrected chi connectivity index (χ1v) is 8.67. The molecule has 6 heteroatoms. The fourth-order valence-electron chi connectivity index (χ4n) is 2.87. The molecule has 1 aromatic rings. The van der Waals surface area contributed by atoms with Gasteiger partial charge in [-0.05, 0) is 49.3 Å². The topological polar surface area (TPSA) is 39.7 Å². The molecule has 24 heavy (non-hydrogen) atoms. The van der Waals surface area contributed by atoms with Gasteiger partial charge in [0.2, 0.25) is 0 Å². The number of aliphatic imine (C=N–C) groups is 1. The third kappa shape index (κ3) is 6.55. The van der Waals surface area contributed by atoms with E-state index in [1.165, 1.54) is 38.3 Å². The molecule has 0 spiro atoms. The molecular formula is C18H28FIN4. The van der Waals surface area contributed by atoms with Crippen molar-refractivity contribution in [3.63, 3.8) is 0 Å². The third-order valence-corrected chi connectivity index (χ3v) is 4.52. The van der Waals surface area contributed by atoms with Crippen molar-refractivity contribution in [2.75, 3.05) is 26.7 Å². The number of nitrogens with zero attached hydrogens (tertiary/aromatic N) is 2. The summed E-state index contributed by atoms with van der Waals surface area (Å²) in [7, 11) is 1.77. The predicted octanol–water partition coefficient (Wildman–Crippen LogP) is 2.98. The smallest absolute Gasteiger partial charge is 0.191 e. The van der Waals surface area contributed by atoms with Crippen LogP contribution in [0.2, 0.25) is 0 Å². The Morgan fingerprint density at radius 1 is 1.25 bits per heavy atom. The highest BCUT2D eigenvalue weighted by Gasteiger charge is 2.33. The van der Waals surface area contributed by atoms with Crippen molar-refractivity contribution in [3.8, 4) is 0 Å². The highest BCUT2D eigenvalue weighted by atomic mass is 127. The lowest BCUT2D eigenvalue weighted by molar-refractivity contribution is 0.256. The SMILES string of the molecule is CN=C(NCCN(CC1CC1)C1CC1)NCc1cccc(F)c1.I. The summed E-state index contributed by atoms with van der Waals surface area (Å²) in [5.74, 6) is 1.52. The molecule has 1 aromatic carbocycles. The molecule has 2 fully saturated rings. The maximum Gasteiger partial charge on any atom is 0.191 e. The molecule has 0 bridgehead atoms. The summed E-state index contributed by atoms with van der Waals surface area (Å²) in [4.78, 5) is 6.87. The quantitative estimate of drug-likeness (QED) is 0.367. The average molecular weight is 446 g/mol. The Balaban J connectivity index is 0.00000208. The number of hydrogen-bond acceptors (Lipinski definition) is 2. The Morgan fingerprint density at radius 2 is 2.04 bits per heavy atom. The minimum absolute atomic E-state index is 0. The van der Waals surface area contributed by atoms with E-state index in [-0.39, 0.29) is 29.8 Å². The number of guanidine groups is 1. The highest BCUT2D eigenvalue weighted by molar-refractivity contribution is 14.0. The zero-order chi connectivity index (χ0) is 16.1. The summed E-state index contributed by atoms with van der Waals surface area (Å²) in [6, 6.07) is 7.47. The molecule has 0 aliphatic heterocycles. The number of hydrogen-bond donors (Lipinski definition) is 2. The first-order chi connectivity index (χ1) is 11.2. The Labute approximate surface area is 161 Å². The highest BCUT2D eigenvalue weighted by Crippen LogP contribution is 2.34. The number of benzene rings is 1. The molecule has 3 rings (SSSR count). The van der Waals surface area contributed by atoms with Crippen LogP contribution in [0, 0.1) is 11.7 Å². The standard InChI is InChI=1S/C18H27FN4.HI/c1-20-18(22-12-15-3-2-4-16(19)11-15)21-9-10-23(17-7-8-17)13-14-5-6-14;/h2-4,11,14,17H,5-10,12-13H2,1H3,(H2,20,21,22);1H. The van der Waals surface area contributed by atoms with E-state index in [0.717, 1.165) is 36.6 Å². The van der Waals surface area contributed by atoms with Crippen LogP contribution in [0.25, 0.3) is 0 Å². The Bertz CT molecular complexity index is 544. The van der Waals surface area contributed by atoms with Gasteiger partial charge in [-0.3, -0.25) is 9.89 Å². The van der Waals surface area contributed by atoms with Gasteiger partial charge in [-0.15, -0.1) is 24.0 Å². The second kappa shape index (κ2) is 9.56. The van der Waals surface area contributed by atoms with Gasteiger partial charge in [0.15, 0.2) is 5.96 Å². The number of nitrogens with one attached hydrogen (secondary N) is 2. The van der Waals surface area contributed by atoms with Crippen molar-refractivity contribution in [3.05, 3.63) is 35.6 Å². The Morgan fingerprint density at radius 3 is 2.67 bits per heavy atom. The normalized spacial score (nSPS) is 17.5. The van der Waals surface area contributed by atoms with E-state index in [0.29, 0.717) is 6.54 Å². The van der Waals surface area contributed by atoms with Gasteiger partial charge in [-0.2, -0.15) is 0 Å². The number of halogens is 2. The van der Waals surface area contributed by atoms with E-state index >= 15 is 0 Å². The largest absolute Gasteiger partial charge is 0.355 e. The lowest BCUT2D eigenvalue weighted by atomic mass is 10.2. The minimum Gasteiger partial charge on any atom is -0.355 e. The molecule has 4 nitrogen and oxygen atoms in total. The molecule has 2 N–H and O–H groups in total. The molecule has 134 valence electrons. The second-order valence-corrected chi connectivity index (χ2v) is 6.65.